The van der Waals surface area contributed by atoms with E-state index in [-0.39, 0.29) is 50.8 Å². The topological polar surface area (TPSA) is 121 Å². The van der Waals surface area contributed by atoms with E-state index in [1.807, 2.05) is 0 Å². The molecule has 0 radical (unpaired) electrons. The van der Waals surface area contributed by atoms with Crippen molar-refractivity contribution in [2.75, 3.05) is 32.9 Å². The summed E-state index contributed by atoms with van der Waals surface area (Å²) in [5.74, 6) is -0.838. The van der Waals surface area contributed by atoms with E-state index < -0.39 is 6.04 Å². The van der Waals surface area contributed by atoms with Crippen molar-refractivity contribution in [3.8, 4) is 0 Å². The molecule has 1 atom stereocenters. The first-order valence-electron chi connectivity index (χ1n) is 22.0. The van der Waals surface area contributed by atoms with Gasteiger partial charge in [0.25, 0.3) is 5.91 Å². The zero-order valence-electron chi connectivity index (χ0n) is 33.9. The average molecular weight is 726 g/mol. The molecule has 302 valence electrons. The number of quaternary nitrogens is 1. The molecule has 0 saturated carbocycles. The molecule has 0 heterocycles. The lowest BCUT2D eigenvalue weighted by Gasteiger charge is -2.23. The Hall–Kier alpha value is -1.67. The minimum absolute atomic E-state index is 0.0779. The van der Waals surface area contributed by atoms with Crippen LogP contribution in [0.15, 0.2) is 0 Å². The van der Waals surface area contributed by atoms with Crippen molar-refractivity contribution in [1.82, 2.24) is 4.90 Å². The van der Waals surface area contributed by atoms with Gasteiger partial charge in [-0.2, -0.15) is 0 Å². The number of aliphatic hydroxyl groups is 1. The van der Waals surface area contributed by atoms with Crippen LogP contribution in [-0.4, -0.2) is 66.8 Å². The van der Waals surface area contributed by atoms with Crippen LogP contribution in [0.2, 0.25) is 0 Å². The van der Waals surface area contributed by atoms with Gasteiger partial charge in [-0.25, -0.2) is 0 Å². The van der Waals surface area contributed by atoms with Gasteiger partial charge in [-0.05, 0) is 12.8 Å². The van der Waals surface area contributed by atoms with Gasteiger partial charge in [0.05, 0.1) is 13.1 Å². The van der Waals surface area contributed by atoms with Gasteiger partial charge >= 0.3 is 11.9 Å². The van der Waals surface area contributed by atoms with Crippen LogP contribution in [0.3, 0.4) is 0 Å². The fourth-order valence-corrected chi connectivity index (χ4v) is 6.63. The van der Waals surface area contributed by atoms with Gasteiger partial charge in [0.1, 0.15) is 19.8 Å². The molecular formula is C43H85N2O6+. The van der Waals surface area contributed by atoms with E-state index in [1.54, 1.807) is 0 Å². The number of aliphatic hydroxyl groups excluding tert-OH is 1. The third-order valence-electron chi connectivity index (χ3n) is 10.1. The zero-order valence-corrected chi connectivity index (χ0v) is 33.9. The van der Waals surface area contributed by atoms with Crippen LogP contribution >= 0.6 is 0 Å². The smallest absolute Gasteiger partial charge is 0.305 e. The highest BCUT2D eigenvalue weighted by Gasteiger charge is 2.24. The summed E-state index contributed by atoms with van der Waals surface area (Å²) in [5.41, 5.74) is 3.72. The molecule has 8 heteroatoms. The number of hydrogen-bond acceptors (Lipinski definition) is 6. The van der Waals surface area contributed by atoms with Crippen molar-refractivity contribution in [1.29, 1.82) is 0 Å². The molecule has 51 heavy (non-hydrogen) atoms. The normalized spacial score (nSPS) is 11.8. The quantitative estimate of drug-likeness (QED) is 0.0479. The van der Waals surface area contributed by atoms with Crippen LogP contribution in [0.1, 0.15) is 219 Å². The minimum Gasteiger partial charge on any atom is -0.464 e. The van der Waals surface area contributed by atoms with Gasteiger partial charge in [0, 0.05) is 12.8 Å². The molecule has 0 bridgehead atoms. The Labute approximate surface area is 315 Å². The molecule has 8 nitrogen and oxygen atoms in total. The third-order valence-corrected chi connectivity index (χ3v) is 10.1. The van der Waals surface area contributed by atoms with E-state index in [1.165, 1.54) is 159 Å². The van der Waals surface area contributed by atoms with Crippen molar-refractivity contribution < 1.29 is 34.7 Å². The number of nitrogens with zero attached hydrogens (tertiary/aromatic N) is 1. The SMILES string of the molecule is CCCCCCCCCCCCCCCCCC(=O)OCCN(CCOC(=O)CCCCCCCCCCCCCCCCC)C(=O)C([NH3+])CO. The Balaban J connectivity index is 3.86. The summed E-state index contributed by atoms with van der Waals surface area (Å²) in [7, 11) is 0. The monoisotopic (exact) mass is 726 g/mol. The highest BCUT2D eigenvalue weighted by Crippen LogP contribution is 2.15. The highest BCUT2D eigenvalue weighted by molar-refractivity contribution is 5.80. The van der Waals surface area contributed by atoms with E-state index in [0.29, 0.717) is 12.8 Å². The molecule has 0 aliphatic rings. The molecule has 1 amide bonds. The van der Waals surface area contributed by atoms with Gasteiger partial charge in [-0.1, -0.05) is 194 Å². The Kier molecular flexibility index (Phi) is 38.2. The second-order valence-electron chi connectivity index (χ2n) is 15.0. The lowest BCUT2D eigenvalue weighted by Crippen LogP contribution is -2.70. The van der Waals surface area contributed by atoms with E-state index in [0.717, 1.165) is 38.5 Å². The molecule has 1 unspecified atom stereocenters. The third kappa shape index (κ3) is 35.1. The van der Waals surface area contributed by atoms with Crippen LogP contribution in [0.4, 0.5) is 0 Å². The van der Waals surface area contributed by atoms with Gasteiger partial charge in [0.2, 0.25) is 0 Å². The Bertz CT molecular complexity index is 728. The highest BCUT2D eigenvalue weighted by atomic mass is 16.5. The van der Waals surface area contributed by atoms with Crippen LogP contribution in [-0.2, 0) is 23.9 Å². The Morgan fingerprint density at radius 2 is 0.725 bits per heavy atom. The molecular weight excluding hydrogens is 640 g/mol. The first kappa shape index (κ1) is 49.3. The van der Waals surface area contributed by atoms with E-state index >= 15 is 0 Å². The predicted octanol–water partition coefficient (Wildman–Crippen LogP) is 10.0. The summed E-state index contributed by atoms with van der Waals surface area (Å²) in [4.78, 5) is 38.7. The first-order chi connectivity index (χ1) is 25.0. The summed E-state index contributed by atoms with van der Waals surface area (Å²) in [6.45, 7) is 4.69. The Morgan fingerprint density at radius 1 is 0.471 bits per heavy atom. The Morgan fingerprint density at radius 3 is 0.980 bits per heavy atom. The predicted molar refractivity (Wildman–Crippen MR) is 211 cm³/mol. The number of carbonyl (C=O) groups excluding carboxylic acids is 3. The van der Waals surface area contributed by atoms with Crippen molar-refractivity contribution >= 4 is 17.8 Å². The molecule has 0 aliphatic carbocycles. The number of amides is 1. The van der Waals surface area contributed by atoms with Crippen LogP contribution in [0, 0.1) is 0 Å². The molecule has 0 rings (SSSR count). The largest absolute Gasteiger partial charge is 0.464 e. The standard InChI is InChI=1S/C43H84N2O6/c1-3-5-7-9-11-13-15-17-19-21-23-25-27-29-31-33-41(47)50-37-35-45(43(49)40(44)39-46)36-38-51-42(48)34-32-30-28-26-24-22-20-18-16-14-12-10-8-6-4-2/h40,46H,3-39,44H2,1-2H3/p+1. The lowest BCUT2D eigenvalue weighted by atomic mass is 10.0. The number of unbranched alkanes of at least 4 members (excludes halogenated alkanes) is 28. The van der Waals surface area contributed by atoms with Crippen molar-refractivity contribution in [3.05, 3.63) is 0 Å². The summed E-state index contributed by atoms with van der Waals surface area (Å²) < 4.78 is 10.8. The number of hydrogen-bond donors (Lipinski definition) is 2. The molecule has 0 aromatic rings. The van der Waals surface area contributed by atoms with Crippen molar-refractivity contribution in [2.24, 2.45) is 0 Å². The van der Waals surface area contributed by atoms with Crippen LogP contribution < -0.4 is 5.73 Å². The maximum atomic E-state index is 12.7. The number of ether oxygens (including phenoxy) is 2. The van der Waals surface area contributed by atoms with Gasteiger partial charge in [-0.15, -0.1) is 0 Å². The van der Waals surface area contributed by atoms with Gasteiger partial charge in [-0.3, -0.25) is 14.4 Å². The van der Waals surface area contributed by atoms with E-state index in [9.17, 15) is 19.5 Å². The maximum absolute atomic E-state index is 12.7. The lowest BCUT2D eigenvalue weighted by molar-refractivity contribution is -0.411. The minimum atomic E-state index is -0.808. The number of esters is 2. The van der Waals surface area contributed by atoms with Crippen LogP contribution in [0.5, 0.6) is 0 Å². The van der Waals surface area contributed by atoms with Crippen LogP contribution in [0.25, 0.3) is 0 Å². The first-order valence-corrected chi connectivity index (χ1v) is 22.0. The molecule has 0 aliphatic heterocycles. The second-order valence-corrected chi connectivity index (χ2v) is 15.0. The average Bonchev–Trinajstić information content (AvgIpc) is 3.13. The second kappa shape index (κ2) is 39.5. The number of carbonyl (C=O) groups is 3. The summed E-state index contributed by atoms with van der Waals surface area (Å²) >= 11 is 0. The van der Waals surface area contributed by atoms with Gasteiger partial charge in [0.15, 0.2) is 6.04 Å². The molecule has 0 aromatic carbocycles. The molecule has 4 N–H and O–H groups in total. The fraction of sp³-hybridized carbons (Fsp3) is 0.930. The summed E-state index contributed by atoms with van der Waals surface area (Å²) in [6.07, 6.45) is 39.2. The number of rotatable bonds is 40. The molecule has 0 aromatic heterocycles. The molecule has 0 saturated heterocycles. The van der Waals surface area contributed by atoms with Crippen molar-refractivity contribution in [2.45, 2.75) is 225 Å². The molecule has 0 spiro atoms. The van der Waals surface area contributed by atoms with E-state index in [2.05, 4.69) is 19.6 Å². The summed E-state index contributed by atoms with van der Waals surface area (Å²) in [5, 5.41) is 9.43. The van der Waals surface area contributed by atoms with Crippen molar-refractivity contribution in [3.63, 3.8) is 0 Å². The maximum Gasteiger partial charge on any atom is 0.305 e. The van der Waals surface area contributed by atoms with E-state index in [4.69, 9.17) is 9.47 Å². The molecule has 0 fully saturated rings. The fourth-order valence-electron chi connectivity index (χ4n) is 6.63. The zero-order chi connectivity index (χ0) is 37.5. The summed E-state index contributed by atoms with van der Waals surface area (Å²) in [6, 6.07) is -0.808. The van der Waals surface area contributed by atoms with Gasteiger partial charge < -0.3 is 25.2 Å².